The van der Waals surface area contributed by atoms with Gasteiger partial charge in [0.1, 0.15) is 18.3 Å². The number of sulfonamides is 1. The molecule has 3 aromatic carbocycles. The van der Waals surface area contributed by atoms with E-state index in [9.17, 15) is 28.1 Å². The number of amides is 2. The first-order chi connectivity index (χ1) is 21.1. The standard InChI is InChI=1S/C30H33Cl3N4O7S/c1-6-19(3)34-30(39)20(4)35(16-21-8-11-24(32)25(33)13-21)29(38)17-36(27-14-22(31)9-12-28(27)44-5)45(42,43)23-10-7-18(2)26(15-23)37(40)41/h7-15,19-20H,6,16-17H2,1-5H3,(H,34,39)/t19-,20+/m0/s1. The highest BCUT2D eigenvalue weighted by atomic mass is 35.5. The summed E-state index contributed by atoms with van der Waals surface area (Å²) in [6, 6.07) is 11.1. The van der Waals surface area contributed by atoms with E-state index in [2.05, 4.69) is 5.32 Å². The zero-order chi connectivity index (χ0) is 33.6. The van der Waals surface area contributed by atoms with Gasteiger partial charge in [-0.1, -0.05) is 53.9 Å². The van der Waals surface area contributed by atoms with Crippen molar-refractivity contribution >= 4 is 68.0 Å². The van der Waals surface area contributed by atoms with Crippen LogP contribution >= 0.6 is 34.8 Å². The van der Waals surface area contributed by atoms with Gasteiger partial charge in [0.2, 0.25) is 11.8 Å². The zero-order valence-electron chi connectivity index (χ0n) is 25.2. The van der Waals surface area contributed by atoms with Gasteiger partial charge < -0.3 is 15.0 Å². The third-order valence-electron chi connectivity index (χ3n) is 7.16. The number of nitro groups is 1. The van der Waals surface area contributed by atoms with Gasteiger partial charge in [-0.05, 0) is 69.2 Å². The number of nitro benzene ring substituents is 1. The third kappa shape index (κ3) is 8.57. The van der Waals surface area contributed by atoms with Crippen LogP contribution in [0.25, 0.3) is 0 Å². The maximum atomic E-state index is 14.2. The van der Waals surface area contributed by atoms with Crippen LogP contribution in [0.3, 0.4) is 0 Å². The van der Waals surface area contributed by atoms with Crippen molar-refractivity contribution in [1.82, 2.24) is 10.2 Å². The predicted molar refractivity (Wildman–Crippen MR) is 175 cm³/mol. The van der Waals surface area contributed by atoms with Crippen molar-refractivity contribution in [2.75, 3.05) is 18.0 Å². The smallest absolute Gasteiger partial charge is 0.273 e. The van der Waals surface area contributed by atoms with Gasteiger partial charge in [-0.25, -0.2) is 8.42 Å². The molecule has 0 radical (unpaired) electrons. The Kier molecular flexibility index (Phi) is 12.1. The number of halogens is 3. The molecule has 242 valence electrons. The number of hydrogen-bond donors (Lipinski definition) is 1. The van der Waals surface area contributed by atoms with Crippen molar-refractivity contribution in [2.24, 2.45) is 0 Å². The summed E-state index contributed by atoms with van der Waals surface area (Å²) in [5.74, 6) is -1.15. The highest BCUT2D eigenvalue weighted by Crippen LogP contribution is 2.36. The molecule has 0 fully saturated rings. The van der Waals surface area contributed by atoms with Crippen LogP contribution in [0.5, 0.6) is 5.75 Å². The number of nitrogens with one attached hydrogen (secondary N) is 1. The van der Waals surface area contributed by atoms with Crippen molar-refractivity contribution in [2.45, 2.75) is 57.6 Å². The molecule has 2 amide bonds. The third-order valence-corrected chi connectivity index (χ3v) is 9.89. The zero-order valence-corrected chi connectivity index (χ0v) is 28.3. The molecule has 15 heteroatoms. The molecule has 0 unspecified atom stereocenters. The van der Waals surface area contributed by atoms with Gasteiger partial charge in [0.15, 0.2) is 0 Å². The average molecular weight is 700 g/mol. The maximum Gasteiger partial charge on any atom is 0.273 e. The van der Waals surface area contributed by atoms with Crippen LogP contribution in [0.2, 0.25) is 15.1 Å². The molecule has 1 N–H and O–H groups in total. The number of carbonyl (C=O) groups excluding carboxylic acids is 2. The van der Waals surface area contributed by atoms with Crippen molar-refractivity contribution in [1.29, 1.82) is 0 Å². The number of nitrogens with zero attached hydrogens (tertiary/aromatic N) is 3. The molecule has 0 aliphatic heterocycles. The molecule has 0 saturated heterocycles. The number of aryl methyl sites for hydroxylation is 1. The van der Waals surface area contributed by atoms with Crippen molar-refractivity contribution in [3.05, 3.63) is 90.9 Å². The Hall–Kier alpha value is -3.58. The number of rotatable bonds is 13. The summed E-state index contributed by atoms with van der Waals surface area (Å²) in [6.45, 7) is 5.77. The molecule has 0 heterocycles. The second-order valence-electron chi connectivity index (χ2n) is 10.3. The SMILES string of the molecule is CC[C@H](C)NC(=O)[C@@H](C)N(Cc1ccc(Cl)c(Cl)c1)C(=O)CN(c1cc(Cl)ccc1OC)S(=O)(=O)c1ccc(C)c([N+](=O)[O-])c1. The monoisotopic (exact) mass is 698 g/mol. The van der Waals surface area contributed by atoms with Crippen molar-refractivity contribution in [3.8, 4) is 5.75 Å². The topological polar surface area (TPSA) is 139 Å². The van der Waals surface area contributed by atoms with E-state index in [1.165, 1.54) is 56.2 Å². The van der Waals surface area contributed by atoms with E-state index in [4.69, 9.17) is 39.5 Å². The van der Waals surface area contributed by atoms with Gasteiger partial charge in [0.25, 0.3) is 15.7 Å². The first kappa shape index (κ1) is 35.9. The van der Waals surface area contributed by atoms with Crippen LogP contribution in [-0.2, 0) is 26.2 Å². The summed E-state index contributed by atoms with van der Waals surface area (Å²) < 4.78 is 34.6. The lowest BCUT2D eigenvalue weighted by Gasteiger charge is -2.33. The molecule has 0 saturated carbocycles. The Balaban J connectivity index is 2.17. The van der Waals surface area contributed by atoms with Gasteiger partial charge in [0, 0.05) is 29.2 Å². The summed E-state index contributed by atoms with van der Waals surface area (Å²) in [5.41, 5.74) is 0.269. The van der Waals surface area contributed by atoms with Gasteiger partial charge in [-0.2, -0.15) is 0 Å². The Bertz CT molecular complexity index is 1700. The van der Waals surface area contributed by atoms with Gasteiger partial charge in [-0.3, -0.25) is 24.0 Å². The molecule has 3 rings (SSSR count). The average Bonchev–Trinajstić information content (AvgIpc) is 2.99. The first-order valence-electron chi connectivity index (χ1n) is 13.8. The van der Waals surface area contributed by atoms with Crippen LogP contribution in [-0.4, -0.2) is 55.8 Å². The lowest BCUT2D eigenvalue weighted by atomic mass is 10.1. The van der Waals surface area contributed by atoms with Gasteiger partial charge in [-0.15, -0.1) is 0 Å². The molecule has 0 aliphatic rings. The molecule has 11 nitrogen and oxygen atoms in total. The second-order valence-corrected chi connectivity index (χ2v) is 13.4. The Morgan fingerprint density at radius 2 is 1.71 bits per heavy atom. The van der Waals surface area contributed by atoms with Crippen LogP contribution in [0, 0.1) is 17.0 Å². The van der Waals surface area contributed by atoms with Crippen LogP contribution in [0.1, 0.15) is 38.3 Å². The number of benzene rings is 3. The van der Waals surface area contributed by atoms with Crippen molar-refractivity contribution < 1.29 is 27.7 Å². The number of hydrogen-bond acceptors (Lipinski definition) is 7. The number of carbonyl (C=O) groups is 2. The molecule has 0 bridgehead atoms. The molecule has 45 heavy (non-hydrogen) atoms. The normalized spacial score (nSPS) is 12.6. The predicted octanol–water partition coefficient (Wildman–Crippen LogP) is 6.40. The molecule has 3 aromatic rings. The number of ether oxygens (including phenoxy) is 1. The maximum absolute atomic E-state index is 14.2. The van der Waals surface area contributed by atoms with E-state index in [1.807, 2.05) is 13.8 Å². The Morgan fingerprint density at radius 3 is 2.31 bits per heavy atom. The first-order valence-corrected chi connectivity index (χ1v) is 16.3. The lowest BCUT2D eigenvalue weighted by Crippen LogP contribution is -2.52. The molecular formula is C30H33Cl3N4O7S. The summed E-state index contributed by atoms with van der Waals surface area (Å²) in [7, 11) is -3.34. The van der Waals surface area contributed by atoms with E-state index in [1.54, 1.807) is 18.2 Å². The summed E-state index contributed by atoms with van der Waals surface area (Å²) in [4.78, 5) is 39.1. The summed E-state index contributed by atoms with van der Waals surface area (Å²) in [5, 5.41) is 15.2. The second kappa shape index (κ2) is 15.1. The van der Waals surface area contributed by atoms with Gasteiger partial charge >= 0.3 is 0 Å². The fourth-order valence-corrected chi connectivity index (χ4v) is 6.25. The fourth-order valence-electron chi connectivity index (χ4n) is 4.33. The highest BCUT2D eigenvalue weighted by Gasteiger charge is 2.35. The van der Waals surface area contributed by atoms with E-state index in [0.29, 0.717) is 17.0 Å². The van der Waals surface area contributed by atoms with E-state index in [-0.39, 0.29) is 39.6 Å². The molecular weight excluding hydrogens is 667 g/mol. The molecule has 2 atom stereocenters. The number of methoxy groups -OCH3 is 1. The Labute approximate surface area is 277 Å². The molecule has 0 aromatic heterocycles. The van der Waals surface area contributed by atoms with E-state index in [0.717, 1.165) is 10.4 Å². The molecule has 0 aliphatic carbocycles. The van der Waals surface area contributed by atoms with Crippen molar-refractivity contribution in [3.63, 3.8) is 0 Å². The quantitative estimate of drug-likeness (QED) is 0.161. The minimum atomic E-state index is -4.66. The van der Waals surface area contributed by atoms with Crippen LogP contribution < -0.4 is 14.4 Å². The van der Waals surface area contributed by atoms with Crippen LogP contribution in [0.15, 0.2) is 59.5 Å². The minimum absolute atomic E-state index is 0.0657. The molecule has 0 spiro atoms. The summed E-state index contributed by atoms with van der Waals surface area (Å²) in [6.07, 6.45) is 0.641. The minimum Gasteiger partial charge on any atom is -0.495 e. The fraction of sp³-hybridized carbons (Fsp3) is 0.333. The lowest BCUT2D eigenvalue weighted by molar-refractivity contribution is -0.385. The number of anilines is 1. The Morgan fingerprint density at radius 1 is 1.02 bits per heavy atom. The van der Waals surface area contributed by atoms with Crippen LogP contribution in [0.4, 0.5) is 11.4 Å². The van der Waals surface area contributed by atoms with Gasteiger partial charge in [0.05, 0.1) is 32.7 Å². The van der Waals surface area contributed by atoms with E-state index >= 15 is 0 Å². The largest absolute Gasteiger partial charge is 0.495 e. The highest BCUT2D eigenvalue weighted by molar-refractivity contribution is 7.92. The summed E-state index contributed by atoms with van der Waals surface area (Å²) >= 11 is 18.5. The van der Waals surface area contributed by atoms with E-state index < -0.39 is 49.9 Å².